The zero-order chi connectivity index (χ0) is 20.3. The van der Waals surface area contributed by atoms with Crippen LogP contribution < -0.4 is 4.72 Å². The van der Waals surface area contributed by atoms with Crippen molar-refractivity contribution in [2.75, 3.05) is 30.6 Å². The number of likely N-dealkylation sites (N-methyl/N-ethyl adjacent to an activating group) is 1. The molecular weight excluding hydrogens is 356 g/mol. The molecule has 1 aromatic rings. The summed E-state index contributed by atoms with van der Waals surface area (Å²) in [6, 6.07) is 8.16. The maximum Gasteiger partial charge on any atom is 0.229 e. The maximum atomic E-state index is 11.4. The highest BCUT2D eigenvalue weighted by Crippen LogP contribution is 2.32. The second-order valence-electron chi connectivity index (χ2n) is 7.46. The van der Waals surface area contributed by atoms with Crippen molar-refractivity contribution in [3.05, 3.63) is 42.0 Å². The highest BCUT2D eigenvalue weighted by Gasteiger charge is 2.32. The van der Waals surface area contributed by atoms with Crippen LogP contribution in [0.1, 0.15) is 71.4 Å². The summed E-state index contributed by atoms with van der Waals surface area (Å²) in [6.45, 7) is 12.2. The molecule has 0 aliphatic carbocycles. The molecule has 1 rings (SSSR count). The van der Waals surface area contributed by atoms with E-state index in [2.05, 4.69) is 56.7 Å². The van der Waals surface area contributed by atoms with Gasteiger partial charge in [0.1, 0.15) is 6.04 Å². The monoisotopic (exact) mass is 395 g/mol. The van der Waals surface area contributed by atoms with Gasteiger partial charge in [0.2, 0.25) is 10.0 Å². The van der Waals surface area contributed by atoms with Gasteiger partial charge in [0.05, 0.1) is 25.9 Å². The average Bonchev–Trinajstić information content (AvgIpc) is 2.63. The molecule has 0 saturated carbocycles. The van der Waals surface area contributed by atoms with Crippen molar-refractivity contribution in [3.8, 4) is 0 Å². The summed E-state index contributed by atoms with van der Waals surface area (Å²) in [6.07, 6.45) is 12.1. The van der Waals surface area contributed by atoms with E-state index in [4.69, 9.17) is 0 Å². The van der Waals surface area contributed by atoms with Gasteiger partial charge >= 0.3 is 0 Å². The van der Waals surface area contributed by atoms with Gasteiger partial charge in [0.15, 0.2) is 0 Å². The first-order valence-electron chi connectivity index (χ1n) is 10.4. The minimum atomic E-state index is -3.25. The van der Waals surface area contributed by atoms with Gasteiger partial charge < -0.3 is 4.48 Å². The standard InChI is InChI=1S/C22H39N2O2S/c1-6-10-11-12-13-19-24(8-3,9-4)22(14-7-2)20-15-17-21(18-16-20)23-27(5,25)26/h7,14-18,22-23H,6,8-13,19H2,1-5H3/q+1. The summed E-state index contributed by atoms with van der Waals surface area (Å²) in [5.41, 5.74) is 1.86. The number of anilines is 1. The van der Waals surface area contributed by atoms with Crippen LogP contribution in [-0.4, -0.2) is 38.8 Å². The van der Waals surface area contributed by atoms with Crippen molar-refractivity contribution in [3.63, 3.8) is 0 Å². The molecule has 1 aromatic carbocycles. The number of hydrogen-bond donors (Lipinski definition) is 1. The number of benzene rings is 1. The first kappa shape index (κ1) is 23.7. The van der Waals surface area contributed by atoms with Crippen LogP contribution >= 0.6 is 0 Å². The van der Waals surface area contributed by atoms with Crippen molar-refractivity contribution in [1.29, 1.82) is 0 Å². The summed E-state index contributed by atoms with van der Waals surface area (Å²) in [7, 11) is -3.25. The Morgan fingerprint density at radius 3 is 2.07 bits per heavy atom. The van der Waals surface area contributed by atoms with Crippen molar-refractivity contribution >= 4 is 15.7 Å². The van der Waals surface area contributed by atoms with Gasteiger partial charge in [-0.1, -0.05) is 44.4 Å². The molecule has 0 heterocycles. The van der Waals surface area contributed by atoms with E-state index in [1.165, 1.54) is 50.5 Å². The van der Waals surface area contributed by atoms with Crippen LogP contribution in [0.4, 0.5) is 5.69 Å². The Labute approximate surface area is 167 Å². The largest absolute Gasteiger partial charge is 0.315 e. The maximum absolute atomic E-state index is 11.4. The first-order chi connectivity index (χ1) is 12.8. The molecule has 1 unspecified atom stereocenters. The normalized spacial score (nSPS) is 13.8. The lowest BCUT2D eigenvalue weighted by Crippen LogP contribution is -2.50. The number of quaternary nitrogens is 1. The quantitative estimate of drug-likeness (QED) is 0.272. The third kappa shape index (κ3) is 7.67. The highest BCUT2D eigenvalue weighted by molar-refractivity contribution is 7.92. The van der Waals surface area contributed by atoms with E-state index in [0.717, 1.165) is 17.6 Å². The molecule has 5 heteroatoms. The topological polar surface area (TPSA) is 46.2 Å². The summed E-state index contributed by atoms with van der Waals surface area (Å²) < 4.78 is 26.5. The fourth-order valence-corrected chi connectivity index (χ4v) is 4.42. The zero-order valence-corrected chi connectivity index (χ0v) is 18.7. The molecule has 4 nitrogen and oxygen atoms in total. The number of unbranched alkanes of at least 4 members (excludes halogenated alkanes) is 4. The van der Waals surface area contributed by atoms with E-state index in [1.54, 1.807) is 0 Å². The number of sulfonamides is 1. The highest BCUT2D eigenvalue weighted by atomic mass is 32.2. The van der Waals surface area contributed by atoms with E-state index in [1.807, 2.05) is 12.1 Å². The van der Waals surface area contributed by atoms with Crippen LogP contribution in [-0.2, 0) is 10.0 Å². The van der Waals surface area contributed by atoms with E-state index < -0.39 is 10.0 Å². The summed E-state index contributed by atoms with van der Waals surface area (Å²) >= 11 is 0. The van der Waals surface area contributed by atoms with Crippen LogP contribution in [0.2, 0.25) is 0 Å². The molecule has 0 spiro atoms. The Morgan fingerprint density at radius 2 is 1.59 bits per heavy atom. The van der Waals surface area contributed by atoms with Gasteiger partial charge in [-0.05, 0) is 51.8 Å². The molecule has 0 bridgehead atoms. The van der Waals surface area contributed by atoms with Crippen LogP contribution in [0, 0.1) is 0 Å². The molecule has 27 heavy (non-hydrogen) atoms. The summed E-state index contributed by atoms with van der Waals surface area (Å²) in [4.78, 5) is 0. The van der Waals surface area contributed by atoms with E-state index >= 15 is 0 Å². The van der Waals surface area contributed by atoms with Crippen molar-refractivity contribution < 1.29 is 12.9 Å². The summed E-state index contributed by atoms with van der Waals surface area (Å²) in [5.74, 6) is 0. The Kier molecular flexibility index (Phi) is 10.1. The van der Waals surface area contributed by atoms with E-state index in [9.17, 15) is 8.42 Å². The molecule has 0 amide bonds. The van der Waals surface area contributed by atoms with E-state index in [0.29, 0.717) is 11.7 Å². The van der Waals surface area contributed by atoms with E-state index in [-0.39, 0.29) is 0 Å². The van der Waals surface area contributed by atoms with Gasteiger partial charge in [0, 0.05) is 11.3 Å². The number of hydrogen-bond acceptors (Lipinski definition) is 2. The number of allylic oxidation sites excluding steroid dienone is 1. The number of rotatable bonds is 13. The van der Waals surface area contributed by atoms with Crippen LogP contribution in [0.15, 0.2) is 36.4 Å². The molecule has 0 aliphatic rings. The SMILES string of the molecule is CC=CC(c1ccc(NS(C)(=O)=O)cc1)[N+](CC)(CC)CCCCCCC. The third-order valence-corrected chi connectivity index (χ3v) is 6.09. The number of nitrogens with zero attached hydrogens (tertiary/aromatic N) is 1. The van der Waals surface area contributed by atoms with Crippen molar-refractivity contribution in [1.82, 2.24) is 0 Å². The third-order valence-electron chi connectivity index (χ3n) is 5.49. The van der Waals surface area contributed by atoms with Crippen LogP contribution in [0.5, 0.6) is 0 Å². The second-order valence-corrected chi connectivity index (χ2v) is 9.20. The van der Waals surface area contributed by atoms with Gasteiger partial charge in [-0.15, -0.1) is 0 Å². The number of nitrogens with one attached hydrogen (secondary N) is 1. The summed E-state index contributed by atoms with van der Waals surface area (Å²) in [5, 5.41) is 0. The average molecular weight is 396 g/mol. The molecule has 1 N–H and O–H groups in total. The fraction of sp³-hybridized carbons (Fsp3) is 0.636. The Morgan fingerprint density at radius 1 is 1.00 bits per heavy atom. The molecule has 0 fully saturated rings. The minimum absolute atomic E-state index is 0.295. The van der Waals surface area contributed by atoms with Crippen molar-refractivity contribution in [2.24, 2.45) is 0 Å². The van der Waals surface area contributed by atoms with Gasteiger partial charge in [0.25, 0.3) is 0 Å². The van der Waals surface area contributed by atoms with Crippen LogP contribution in [0.3, 0.4) is 0 Å². The molecule has 0 saturated heterocycles. The Bertz CT molecular complexity index is 662. The van der Waals surface area contributed by atoms with Gasteiger partial charge in [-0.3, -0.25) is 4.72 Å². The molecule has 0 radical (unpaired) electrons. The molecule has 154 valence electrons. The zero-order valence-electron chi connectivity index (χ0n) is 17.9. The lowest BCUT2D eigenvalue weighted by atomic mass is 9.99. The lowest BCUT2D eigenvalue weighted by molar-refractivity contribution is -0.948. The first-order valence-corrected chi connectivity index (χ1v) is 12.3. The molecular formula is C22H39N2O2S+. The second kappa shape index (κ2) is 11.5. The minimum Gasteiger partial charge on any atom is -0.315 e. The lowest BCUT2D eigenvalue weighted by Gasteiger charge is -2.43. The van der Waals surface area contributed by atoms with Gasteiger partial charge in [-0.25, -0.2) is 8.42 Å². The molecule has 0 aliphatic heterocycles. The smallest absolute Gasteiger partial charge is 0.229 e. The fourth-order valence-electron chi connectivity index (χ4n) is 3.86. The predicted octanol–water partition coefficient (Wildman–Crippen LogP) is 5.50. The van der Waals surface area contributed by atoms with Crippen molar-refractivity contribution in [2.45, 2.75) is 65.8 Å². The Hall–Kier alpha value is -1.33. The van der Waals surface area contributed by atoms with Crippen LogP contribution in [0.25, 0.3) is 0 Å². The molecule has 0 aromatic heterocycles. The molecule has 1 atom stereocenters. The predicted molar refractivity (Wildman–Crippen MR) is 117 cm³/mol. The van der Waals surface area contributed by atoms with Gasteiger partial charge in [-0.2, -0.15) is 0 Å². The Balaban J connectivity index is 3.03.